The summed E-state index contributed by atoms with van der Waals surface area (Å²) in [6, 6.07) is 7.57. The molecule has 0 aliphatic heterocycles. The highest BCUT2D eigenvalue weighted by Crippen LogP contribution is 2.07. The molecule has 0 aliphatic carbocycles. The molecule has 0 fully saturated rings. The highest BCUT2D eigenvalue weighted by molar-refractivity contribution is 5.89. The Morgan fingerprint density at radius 3 is 2.50 bits per heavy atom. The summed E-state index contributed by atoms with van der Waals surface area (Å²) >= 11 is 0. The molecule has 0 spiro atoms. The molecule has 1 rings (SSSR count). The number of anilines is 1. The Bertz CT molecular complexity index is 322. The third-order valence-corrected chi connectivity index (χ3v) is 2.20. The van der Waals surface area contributed by atoms with Gasteiger partial charge in [0, 0.05) is 12.2 Å². The van der Waals surface area contributed by atoms with Crippen molar-refractivity contribution in [2.75, 3.05) is 25.5 Å². The van der Waals surface area contributed by atoms with Gasteiger partial charge in [-0.05, 0) is 39.1 Å². The fourth-order valence-corrected chi connectivity index (χ4v) is 1.28. The molecule has 88 valence electrons. The lowest BCUT2D eigenvalue weighted by molar-refractivity contribution is 0.252. The largest absolute Gasteiger partial charge is 0.338 e. The van der Waals surface area contributed by atoms with Crippen molar-refractivity contribution in [3.8, 4) is 0 Å². The average molecular weight is 221 g/mol. The lowest BCUT2D eigenvalue weighted by Crippen LogP contribution is -2.30. The molecule has 3 N–H and O–H groups in total. The van der Waals surface area contributed by atoms with Crippen molar-refractivity contribution in [3.05, 3.63) is 29.8 Å². The van der Waals surface area contributed by atoms with Crippen molar-refractivity contribution in [2.24, 2.45) is 0 Å². The SMILES string of the molecule is CNCCCNC(=O)Nc1ccc(C)cc1. The van der Waals surface area contributed by atoms with Gasteiger partial charge in [-0.25, -0.2) is 4.79 Å². The van der Waals surface area contributed by atoms with Crippen LogP contribution >= 0.6 is 0 Å². The van der Waals surface area contributed by atoms with Crippen LogP contribution < -0.4 is 16.0 Å². The maximum Gasteiger partial charge on any atom is 0.319 e. The van der Waals surface area contributed by atoms with Gasteiger partial charge in [0.25, 0.3) is 0 Å². The molecule has 0 atom stereocenters. The van der Waals surface area contributed by atoms with E-state index in [9.17, 15) is 4.79 Å². The van der Waals surface area contributed by atoms with E-state index >= 15 is 0 Å². The molecular weight excluding hydrogens is 202 g/mol. The van der Waals surface area contributed by atoms with Crippen molar-refractivity contribution in [1.82, 2.24) is 10.6 Å². The highest BCUT2D eigenvalue weighted by atomic mass is 16.2. The molecule has 0 bridgehead atoms. The van der Waals surface area contributed by atoms with Gasteiger partial charge >= 0.3 is 6.03 Å². The zero-order valence-electron chi connectivity index (χ0n) is 9.84. The predicted octanol–water partition coefficient (Wildman–Crippen LogP) is 1.73. The minimum Gasteiger partial charge on any atom is -0.338 e. The fraction of sp³-hybridized carbons (Fsp3) is 0.417. The van der Waals surface area contributed by atoms with Crippen LogP contribution in [0.25, 0.3) is 0 Å². The number of rotatable bonds is 5. The molecule has 1 aromatic carbocycles. The molecule has 16 heavy (non-hydrogen) atoms. The van der Waals surface area contributed by atoms with E-state index in [-0.39, 0.29) is 6.03 Å². The summed E-state index contributed by atoms with van der Waals surface area (Å²) in [7, 11) is 1.90. The van der Waals surface area contributed by atoms with E-state index < -0.39 is 0 Å². The number of hydrogen-bond acceptors (Lipinski definition) is 2. The number of carbonyl (C=O) groups is 1. The number of benzene rings is 1. The van der Waals surface area contributed by atoms with Crippen LogP contribution in [0.4, 0.5) is 10.5 Å². The lowest BCUT2D eigenvalue weighted by Gasteiger charge is -2.07. The standard InChI is InChI=1S/C12H19N3O/c1-10-4-6-11(7-5-10)15-12(16)14-9-3-8-13-2/h4-7,13H,3,8-9H2,1-2H3,(H2,14,15,16). The van der Waals surface area contributed by atoms with Crippen LogP contribution in [0.2, 0.25) is 0 Å². The number of amides is 2. The summed E-state index contributed by atoms with van der Waals surface area (Å²) in [5.41, 5.74) is 2.00. The van der Waals surface area contributed by atoms with E-state index in [2.05, 4.69) is 16.0 Å². The lowest BCUT2D eigenvalue weighted by atomic mass is 10.2. The van der Waals surface area contributed by atoms with Crippen molar-refractivity contribution in [2.45, 2.75) is 13.3 Å². The van der Waals surface area contributed by atoms with Gasteiger partial charge in [-0.3, -0.25) is 0 Å². The second-order valence-electron chi connectivity index (χ2n) is 3.70. The zero-order chi connectivity index (χ0) is 11.8. The van der Waals surface area contributed by atoms with Crippen molar-refractivity contribution in [1.29, 1.82) is 0 Å². The van der Waals surface area contributed by atoms with E-state index in [0.717, 1.165) is 18.7 Å². The van der Waals surface area contributed by atoms with Gasteiger partial charge in [0.15, 0.2) is 0 Å². The van der Waals surface area contributed by atoms with Gasteiger partial charge in [-0.15, -0.1) is 0 Å². The van der Waals surface area contributed by atoms with Crippen LogP contribution in [-0.4, -0.2) is 26.2 Å². The maximum absolute atomic E-state index is 11.4. The summed E-state index contributed by atoms with van der Waals surface area (Å²) in [4.78, 5) is 11.4. The molecule has 0 radical (unpaired) electrons. The Hall–Kier alpha value is -1.55. The second-order valence-corrected chi connectivity index (χ2v) is 3.70. The van der Waals surface area contributed by atoms with Gasteiger partial charge in [0.05, 0.1) is 0 Å². The maximum atomic E-state index is 11.4. The fourth-order valence-electron chi connectivity index (χ4n) is 1.28. The Balaban J connectivity index is 2.26. The van der Waals surface area contributed by atoms with Gasteiger partial charge in [0.1, 0.15) is 0 Å². The summed E-state index contributed by atoms with van der Waals surface area (Å²) in [5.74, 6) is 0. The quantitative estimate of drug-likeness (QED) is 0.663. The normalized spacial score (nSPS) is 9.88. The molecule has 0 saturated heterocycles. The van der Waals surface area contributed by atoms with Gasteiger partial charge < -0.3 is 16.0 Å². The highest BCUT2D eigenvalue weighted by Gasteiger charge is 1.99. The third-order valence-electron chi connectivity index (χ3n) is 2.20. The molecule has 0 saturated carbocycles. The molecule has 0 unspecified atom stereocenters. The number of urea groups is 1. The molecule has 0 aromatic heterocycles. The number of nitrogens with one attached hydrogen (secondary N) is 3. The minimum absolute atomic E-state index is 0.153. The summed E-state index contributed by atoms with van der Waals surface area (Å²) in [6.45, 7) is 3.60. The van der Waals surface area contributed by atoms with Crippen LogP contribution in [0, 0.1) is 6.92 Å². The van der Waals surface area contributed by atoms with Crippen LogP contribution in [0.3, 0.4) is 0 Å². The summed E-state index contributed by atoms with van der Waals surface area (Å²) in [6.07, 6.45) is 0.928. The monoisotopic (exact) mass is 221 g/mol. The minimum atomic E-state index is -0.153. The van der Waals surface area contributed by atoms with E-state index in [0.29, 0.717) is 6.54 Å². The molecule has 2 amide bonds. The first-order chi connectivity index (χ1) is 7.72. The predicted molar refractivity (Wildman–Crippen MR) is 66.7 cm³/mol. The molecule has 0 aliphatic rings. The molecule has 4 nitrogen and oxygen atoms in total. The molecule has 4 heteroatoms. The Labute approximate surface area is 96.4 Å². The van der Waals surface area contributed by atoms with Crippen molar-refractivity contribution < 1.29 is 4.79 Å². The Morgan fingerprint density at radius 1 is 1.19 bits per heavy atom. The van der Waals surface area contributed by atoms with Gasteiger partial charge in [0.2, 0.25) is 0 Å². The summed E-state index contributed by atoms with van der Waals surface area (Å²) < 4.78 is 0. The van der Waals surface area contributed by atoms with Crippen LogP contribution in [0.5, 0.6) is 0 Å². The zero-order valence-corrected chi connectivity index (χ0v) is 9.84. The van der Waals surface area contributed by atoms with E-state index in [1.165, 1.54) is 5.56 Å². The molecular formula is C12H19N3O. The van der Waals surface area contributed by atoms with Crippen LogP contribution in [0.15, 0.2) is 24.3 Å². The van der Waals surface area contributed by atoms with Crippen molar-refractivity contribution in [3.63, 3.8) is 0 Å². The topological polar surface area (TPSA) is 53.2 Å². The number of carbonyl (C=O) groups excluding carboxylic acids is 1. The third kappa shape index (κ3) is 4.79. The second kappa shape index (κ2) is 6.85. The van der Waals surface area contributed by atoms with Crippen LogP contribution in [0.1, 0.15) is 12.0 Å². The number of aryl methyl sites for hydroxylation is 1. The van der Waals surface area contributed by atoms with Crippen molar-refractivity contribution >= 4 is 11.7 Å². The first-order valence-electron chi connectivity index (χ1n) is 5.48. The van der Waals surface area contributed by atoms with E-state index in [1.54, 1.807) is 0 Å². The van der Waals surface area contributed by atoms with E-state index in [1.807, 2.05) is 38.2 Å². The Morgan fingerprint density at radius 2 is 1.88 bits per heavy atom. The summed E-state index contributed by atoms with van der Waals surface area (Å²) in [5, 5.41) is 8.59. The average Bonchev–Trinajstić information content (AvgIpc) is 2.28. The van der Waals surface area contributed by atoms with Crippen LogP contribution in [-0.2, 0) is 0 Å². The molecule has 0 heterocycles. The Kier molecular flexibility index (Phi) is 5.36. The first-order valence-corrected chi connectivity index (χ1v) is 5.48. The van der Waals surface area contributed by atoms with E-state index in [4.69, 9.17) is 0 Å². The molecule has 1 aromatic rings. The van der Waals surface area contributed by atoms with Gasteiger partial charge in [-0.2, -0.15) is 0 Å². The smallest absolute Gasteiger partial charge is 0.319 e. The van der Waals surface area contributed by atoms with Gasteiger partial charge in [-0.1, -0.05) is 17.7 Å². The number of hydrogen-bond donors (Lipinski definition) is 3. The first kappa shape index (κ1) is 12.5.